The van der Waals surface area contributed by atoms with E-state index in [2.05, 4.69) is 21.3 Å². The molecule has 5 amide bonds. The van der Waals surface area contributed by atoms with E-state index in [4.69, 9.17) is 9.47 Å². The number of urea groups is 1. The van der Waals surface area contributed by atoms with Crippen LogP contribution in [-0.4, -0.2) is 95.8 Å². The number of hydrogen-bond acceptors (Lipinski definition) is 9. The first kappa shape index (κ1) is 37.3. The smallest absolute Gasteiger partial charge is 0.328 e. The van der Waals surface area contributed by atoms with Crippen molar-refractivity contribution in [2.45, 2.75) is 118 Å². The maximum Gasteiger partial charge on any atom is 0.328 e. The average molecular weight is 612 g/mol. The minimum absolute atomic E-state index is 0.103. The quantitative estimate of drug-likeness (QED) is 0.164. The lowest BCUT2D eigenvalue weighted by Crippen LogP contribution is -2.60. The van der Waals surface area contributed by atoms with Gasteiger partial charge in [0.2, 0.25) is 17.6 Å². The van der Waals surface area contributed by atoms with Crippen molar-refractivity contribution in [3.63, 3.8) is 0 Å². The predicted molar refractivity (Wildman–Crippen MR) is 156 cm³/mol. The first-order chi connectivity index (χ1) is 19.8. The Morgan fingerprint density at radius 3 is 2.12 bits per heavy atom. The fourth-order valence-electron chi connectivity index (χ4n) is 4.05. The van der Waals surface area contributed by atoms with Crippen molar-refractivity contribution in [3.05, 3.63) is 0 Å². The molecule has 1 heterocycles. The third-order valence-corrected chi connectivity index (χ3v) is 6.81. The Labute approximate surface area is 253 Å². The number of Topliss-reactive ketones (excluding diaryl/α,β-unsaturated/α-hetero) is 1. The Hall–Kier alpha value is -3.71. The van der Waals surface area contributed by atoms with E-state index < -0.39 is 77.2 Å². The molecule has 0 bridgehead atoms. The molecule has 1 aliphatic rings. The summed E-state index contributed by atoms with van der Waals surface area (Å²) in [5.74, 6) is -4.12. The van der Waals surface area contributed by atoms with Crippen LogP contribution in [0.3, 0.4) is 0 Å². The highest BCUT2D eigenvalue weighted by Crippen LogP contribution is 2.26. The number of nitrogens with zero attached hydrogens (tertiary/aromatic N) is 1. The van der Waals surface area contributed by atoms with Crippen molar-refractivity contribution in [2.24, 2.45) is 5.41 Å². The number of ether oxygens (including phenoxy) is 2. The van der Waals surface area contributed by atoms with E-state index in [1.165, 1.54) is 11.8 Å². The molecule has 43 heavy (non-hydrogen) atoms. The van der Waals surface area contributed by atoms with Gasteiger partial charge in [0.15, 0.2) is 0 Å². The summed E-state index contributed by atoms with van der Waals surface area (Å²) >= 11 is 0. The molecule has 3 unspecified atom stereocenters. The Morgan fingerprint density at radius 1 is 0.930 bits per heavy atom. The first-order valence-electron chi connectivity index (χ1n) is 14.7. The molecule has 244 valence electrons. The van der Waals surface area contributed by atoms with Crippen molar-refractivity contribution in [1.82, 2.24) is 26.2 Å². The zero-order chi connectivity index (χ0) is 33.1. The third kappa shape index (κ3) is 12.6. The zero-order valence-electron chi connectivity index (χ0n) is 26.9. The lowest BCUT2D eigenvalue weighted by molar-refractivity contribution is -0.156. The maximum atomic E-state index is 13.6. The Morgan fingerprint density at radius 2 is 1.56 bits per heavy atom. The number of hydrogen-bond donors (Lipinski definition) is 4. The summed E-state index contributed by atoms with van der Waals surface area (Å²) in [4.78, 5) is 88.9. The molecular formula is C29H49N5O9. The molecule has 0 aromatic rings. The van der Waals surface area contributed by atoms with E-state index in [0.29, 0.717) is 19.3 Å². The van der Waals surface area contributed by atoms with Gasteiger partial charge in [0.25, 0.3) is 5.91 Å². The highest BCUT2D eigenvalue weighted by molar-refractivity contribution is 6.37. The summed E-state index contributed by atoms with van der Waals surface area (Å²) in [6.45, 7) is 15.0. The normalized spacial score (nSPS) is 16.5. The van der Waals surface area contributed by atoms with Crippen LogP contribution in [0.1, 0.15) is 88.0 Å². The Kier molecular flexibility index (Phi) is 14.1. The van der Waals surface area contributed by atoms with Crippen molar-refractivity contribution in [3.8, 4) is 0 Å². The molecule has 14 nitrogen and oxygen atoms in total. The first-order valence-corrected chi connectivity index (χ1v) is 14.7. The van der Waals surface area contributed by atoms with Crippen LogP contribution < -0.4 is 21.3 Å². The van der Waals surface area contributed by atoms with Crippen molar-refractivity contribution >= 4 is 41.5 Å². The van der Waals surface area contributed by atoms with Crippen LogP contribution in [0.2, 0.25) is 0 Å². The van der Waals surface area contributed by atoms with Crippen LogP contribution in [0.4, 0.5) is 4.79 Å². The van der Waals surface area contributed by atoms with Crippen molar-refractivity contribution in [2.75, 3.05) is 19.6 Å². The summed E-state index contributed by atoms with van der Waals surface area (Å²) in [5, 5.41) is 9.84. The molecule has 1 saturated heterocycles. The number of ketones is 1. The van der Waals surface area contributed by atoms with Crippen LogP contribution in [0.25, 0.3) is 0 Å². The van der Waals surface area contributed by atoms with Gasteiger partial charge in [-0.2, -0.15) is 0 Å². The average Bonchev–Trinajstić information content (AvgIpc) is 3.38. The highest BCUT2D eigenvalue weighted by atomic mass is 16.6. The van der Waals surface area contributed by atoms with Gasteiger partial charge < -0.3 is 35.6 Å². The SMILES string of the molecule is CCC(C)(C)OC(=O)CCNC(=O)C(=O)CNC(=O)C1CCCN1C(=O)C(NC(=O)NC(C)C(=O)OC(C)C)C(C)(C)C. The van der Waals surface area contributed by atoms with Gasteiger partial charge in [-0.05, 0) is 59.3 Å². The summed E-state index contributed by atoms with van der Waals surface area (Å²) < 4.78 is 10.4. The van der Waals surface area contributed by atoms with Gasteiger partial charge in [-0.3, -0.25) is 24.0 Å². The van der Waals surface area contributed by atoms with Gasteiger partial charge in [0, 0.05) is 13.1 Å². The molecule has 0 spiro atoms. The lowest BCUT2D eigenvalue weighted by atomic mass is 9.85. The van der Waals surface area contributed by atoms with Crippen LogP contribution in [0, 0.1) is 5.41 Å². The van der Waals surface area contributed by atoms with Gasteiger partial charge in [0.1, 0.15) is 23.7 Å². The summed E-state index contributed by atoms with van der Waals surface area (Å²) in [5.41, 5.74) is -1.39. The van der Waals surface area contributed by atoms with Crippen LogP contribution in [-0.2, 0) is 38.2 Å². The van der Waals surface area contributed by atoms with E-state index in [1.54, 1.807) is 48.5 Å². The monoisotopic (exact) mass is 611 g/mol. The zero-order valence-corrected chi connectivity index (χ0v) is 26.9. The molecule has 1 aliphatic heterocycles. The van der Waals surface area contributed by atoms with E-state index >= 15 is 0 Å². The van der Waals surface area contributed by atoms with E-state index in [-0.39, 0.29) is 25.6 Å². The van der Waals surface area contributed by atoms with Gasteiger partial charge in [0.05, 0.1) is 19.1 Å². The Bertz CT molecular complexity index is 1050. The number of likely N-dealkylation sites (tertiary alicyclic amines) is 1. The second-order valence-corrected chi connectivity index (χ2v) is 12.5. The molecule has 0 aliphatic carbocycles. The largest absolute Gasteiger partial charge is 0.461 e. The minimum atomic E-state index is -1.05. The van der Waals surface area contributed by atoms with E-state index in [1.807, 2.05) is 6.92 Å². The number of carbonyl (C=O) groups excluding carboxylic acids is 7. The van der Waals surface area contributed by atoms with E-state index in [9.17, 15) is 33.6 Å². The molecule has 0 saturated carbocycles. The molecule has 1 rings (SSSR count). The molecule has 0 aromatic carbocycles. The van der Waals surface area contributed by atoms with E-state index in [0.717, 1.165) is 0 Å². The molecule has 3 atom stereocenters. The second kappa shape index (κ2) is 16.2. The standard InChI is InChI=1S/C29H49N5O9/c1-10-29(8,9)43-21(36)13-14-30-24(38)20(35)16-31-23(37)19-12-11-15-34(19)25(39)22(28(5,6)7)33-27(41)32-18(4)26(40)42-17(2)3/h17-19,22H,10-16H2,1-9H3,(H,30,38)(H,31,37)(H2,32,33,41). The predicted octanol–water partition coefficient (Wildman–Crippen LogP) is 0.955. The van der Waals surface area contributed by atoms with Gasteiger partial charge in [-0.25, -0.2) is 9.59 Å². The topological polar surface area (TPSA) is 189 Å². The molecule has 0 radical (unpaired) electrons. The van der Waals surface area contributed by atoms with Crippen LogP contribution in [0.5, 0.6) is 0 Å². The van der Waals surface area contributed by atoms with Gasteiger partial charge in [-0.1, -0.05) is 27.7 Å². The molecular weight excluding hydrogens is 562 g/mol. The molecule has 4 N–H and O–H groups in total. The number of rotatable bonds is 14. The van der Waals surface area contributed by atoms with Crippen molar-refractivity contribution < 1.29 is 43.0 Å². The molecule has 1 fully saturated rings. The molecule has 14 heteroatoms. The molecule has 0 aromatic heterocycles. The van der Waals surface area contributed by atoms with Crippen molar-refractivity contribution in [1.29, 1.82) is 0 Å². The number of nitrogens with one attached hydrogen (secondary N) is 4. The number of amides is 5. The summed E-state index contributed by atoms with van der Waals surface area (Å²) in [7, 11) is 0. The minimum Gasteiger partial charge on any atom is -0.461 e. The number of esters is 2. The van der Waals surface area contributed by atoms with Crippen LogP contribution in [0.15, 0.2) is 0 Å². The fourth-order valence-corrected chi connectivity index (χ4v) is 4.05. The second-order valence-electron chi connectivity index (χ2n) is 12.5. The van der Waals surface area contributed by atoms with Gasteiger partial charge >= 0.3 is 18.0 Å². The fraction of sp³-hybridized carbons (Fsp3) is 0.759. The Balaban J connectivity index is 2.72. The lowest BCUT2D eigenvalue weighted by Gasteiger charge is -2.35. The van der Waals surface area contributed by atoms with Gasteiger partial charge in [-0.15, -0.1) is 0 Å². The van der Waals surface area contributed by atoms with Crippen LogP contribution >= 0.6 is 0 Å². The number of carbonyl (C=O) groups is 7. The third-order valence-electron chi connectivity index (χ3n) is 6.81. The highest BCUT2D eigenvalue weighted by Gasteiger charge is 2.42. The summed E-state index contributed by atoms with van der Waals surface area (Å²) in [6.07, 6.45) is 0.988. The summed E-state index contributed by atoms with van der Waals surface area (Å²) in [6, 6.07) is -3.66. The maximum absolute atomic E-state index is 13.6.